The van der Waals surface area contributed by atoms with Crippen LogP contribution in [-0.4, -0.2) is 21.4 Å². The van der Waals surface area contributed by atoms with Crippen molar-refractivity contribution in [2.75, 3.05) is 0 Å². The van der Waals surface area contributed by atoms with Crippen LogP contribution >= 0.6 is 11.6 Å². The lowest BCUT2D eigenvalue weighted by atomic mass is 10.1. The van der Waals surface area contributed by atoms with Crippen molar-refractivity contribution in [3.8, 4) is 5.75 Å². The van der Waals surface area contributed by atoms with Crippen molar-refractivity contribution < 1.29 is 14.3 Å². The van der Waals surface area contributed by atoms with Crippen LogP contribution in [0, 0.1) is 0 Å². The fourth-order valence-electron chi connectivity index (χ4n) is 3.06. The minimum atomic E-state index is -0.560. The Bertz CT molecular complexity index is 1350. The number of amides is 2. The summed E-state index contributed by atoms with van der Waals surface area (Å²) in [6.07, 6.45) is 1.30. The third-order valence-corrected chi connectivity index (χ3v) is 5.05. The van der Waals surface area contributed by atoms with Gasteiger partial charge in [-0.15, -0.1) is 0 Å². The summed E-state index contributed by atoms with van der Waals surface area (Å²) in [6, 6.07) is 20.7. The SMILES string of the molecule is O=C(Cn1cnc2ccccc2c1=O)NNC(=O)c1ccc(COc2ccc(Cl)cc2)cc1. The van der Waals surface area contributed by atoms with Crippen LogP contribution in [0.4, 0.5) is 0 Å². The number of carbonyl (C=O) groups is 2. The molecule has 8 nitrogen and oxygen atoms in total. The topological polar surface area (TPSA) is 102 Å². The quantitative estimate of drug-likeness (QED) is 0.429. The normalized spacial score (nSPS) is 10.6. The molecule has 3 aromatic carbocycles. The number of hydrogen-bond acceptors (Lipinski definition) is 5. The molecule has 33 heavy (non-hydrogen) atoms. The fourth-order valence-corrected chi connectivity index (χ4v) is 3.19. The van der Waals surface area contributed by atoms with Gasteiger partial charge in [0.2, 0.25) is 0 Å². The molecule has 166 valence electrons. The molecule has 0 aliphatic rings. The molecule has 0 spiro atoms. The highest BCUT2D eigenvalue weighted by molar-refractivity contribution is 6.30. The van der Waals surface area contributed by atoms with E-state index in [2.05, 4.69) is 15.8 Å². The van der Waals surface area contributed by atoms with Crippen molar-refractivity contribution in [2.45, 2.75) is 13.2 Å². The van der Waals surface area contributed by atoms with E-state index in [4.69, 9.17) is 16.3 Å². The van der Waals surface area contributed by atoms with Crippen molar-refractivity contribution >= 4 is 34.3 Å². The van der Waals surface area contributed by atoms with Gasteiger partial charge in [-0.3, -0.25) is 29.8 Å². The van der Waals surface area contributed by atoms with Gasteiger partial charge in [0.15, 0.2) is 0 Å². The van der Waals surface area contributed by atoms with Gasteiger partial charge in [0.05, 0.1) is 17.2 Å². The molecule has 0 saturated heterocycles. The minimum absolute atomic E-state index is 0.280. The van der Waals surface area contributed by atoms with E-state index in [-0.39, 0.29) is 12.1 Å². The maximum atomic E-state index is 12.5. The largest absolute Gasteiger partial charge is 0.489 e. The van der Waals surface area contributed by atoms with Gasteiger partial charge in [0.25, 0.3) is 17.4 Å². The molecule has 0 atom stereocenters. The Morgan fingerprint density at radius 3 is 2.42 bits per heavy atom. The van der Waals surface area contributed by atoms with Crippen LogP contribution in [0.25, 0.3) is 10.9 Å². The number of para-hydroxylation sites is 1. The highest BCUT2D eigenvalue weighted by Crippen LogP contribution is 2.17. The van der Waals surface area contributed by atoms with Gasteiger partial charge in [0, 0.05) is 10.6 Å². The molecule has 9 heteroatoms. The lowest BCUT2D eigenvalue weighted by Crippen LogP contribution is -2.44. The first-order chi connectivity index (χ1) is 16.0. The molecule has 0 saturated carbocycles. The van der Waals surface area contributed by atoms with Crippen molar-refractivity contribution in [3.05, 3.63) is 106 Å². The molecular weight excluding hydrogens is 444 g/mol. The summed E-state index contributed by atoms with van der Waals surface area (Å²) in [5, 5.41) is 1.04. The number of hydrogen-bond donors (Lipinski definition) is 2. The number of halogens is 1. The highest BCUT2D eigenvalue weighted by Gasteiger charge is 2.10. The summed E-state index contributed by atoms with van der Waals surface area (Å²) < 4.78 is 6.85. The molecule has 0 aliphatic heterocycles. The minimum Gasteiger partial charge on any atom is -0.489 e. The van der Waals surface area contributed by atoms with Crippen LogP contribution in [0.15, 0.2) is 83.9 Å². The van der Waals surface area contributed by atoms with Crippen molar-refractivity contribution in [3.63, 3.8) is 0 Å². The average molecular weight is 463 g/mol. The van der Waals surface area contributed by atoms with E-state index in [1.165, 1.54) is 10.9 Å². The Labute approximate surface area is 193 Å². The Kier molecular flexibility index (Phi) is 6.66. The number of fused-ring (bicyclic) bond motifs is 1. The van der Waals surface area contributed by atoms with Gasteiger partial charge >= 0.3 is 0 Å². The van der Waals surface area contributed by atoms with Gasteiger partial charge < -0.3 is 4.74 Å². The lowest BCUT2D eigenvalue weighted by molar-refractivity contribution is -0.122. The van der Waals surface area contributed by atoms with Gasteiger partial charge in [-0.05, 0) is 54.1 Å². The Balaban J connectivity index is 1.29. The Morgan fingerprint density at radius 1 is 0.939 bits per heavy atom. The lowest BCUT2D eigenvalue weighted by Gasteiger charge is -2.10. The summed E-state index contributed by atoms with van der Waals surface area (Å²) >= 11 is 5.85. The second-order valence-electron chi connectivity index (χ2n) is 7.14. The third kappa shape index (κ3) is 5.55. The second kappa shape index (κ2) is 9.97. The molecule has 4 rings (SSSR count). The summed E-state index contributed by atoms with van der Waals surface area (Å²) in [4.78, 5) is 41.1. The van der Waals surface area contributed by atoms with E-state index in [1.807, 2.05) is 0 Å². The first-order valence-electron chi connectivity index (χ1n) is 10.0. The fraction of sp³-hybridized carbons (Fsp3) is 0.0833. The number of nitrogens with zero attached hydrogens (tertiary/aromatic N) is 2. The molecule has 1 heterocycles. The van der Waals surface area contributed by atoms with Crippen LogP contribution in [0.3, 0.4) is 0 Å². The van der Waals surface area contributed by atoms with E-state index in [1.54, 1.807) is 72.8 Å². The standard InChI is InChI=1S/C24H19ClN4O4/c25-18-9-11-19(12-10-18)33-14-16-5-7-17(8-6-16)23(31)28-27-22(30)13-29-15-26-21-4-2-1-3-20(21)24(29)32/h1-12,15H,13-14H2,(H,27,30)(H,28,31). The van der Waals surface area contributed by atoms with Crippen LogP contribution in [0.2, 0.25) is 5.02 Å². The smallest absolute Gasteiger partial charge is 0.269 e. The Morgan fingerprint density at radius 2 is 1.67 bits per heavy atom. The Hall–Kier alpha value is -4.17. The molecule has 2 N–H and O–H groups in total. The van der Waals surface area contributed by atoms with E-state index < -0.39 is 11.8 Å². The van der Waals surface area contributed by atoms with Gasteiger partial charge in [-0.1, -0.05) is 35.9 Å². The number of hydrazine groups is 1. The predicted octanol–water partition coefficient (Wildman–Crippen LogP) is 3.09. The zero-order chi connectivity index (χ0) is 23.2. The second-order valence-corrected chi connectivity index (χ2v) is 7.57. The first kappa shape index (κ1) is 22.0. The maximum absolute atomic E-state index is 12.5. The number of carbonyl (C=O) groups excluding carboxylic acids is 2. The summed E-state index contributed by atoms with van der Waals surface area (Å²) in [5.74, 6) is -0.363. The summed E-state index contributed by atoms with van der Waals surface area (Å²) in [6.45, 7) is 0.0483. The van der Waals surface area contributed by atoms with Crippen LogP contribution in [0.1, 0.15) is 15.9 Å². The zero-order valence-electron chi connectivity index (χ0n) is 17.3. The van der Waals surface area contributed by atoms with E-state index in [9.17, 15) is 14.4 Å². The first-order valence-corrected chi connectivity index (χ1v) is 10.4. The van der Waals surface area contributed by atoms with E-state index >= 15 is 0 Å². The van der Waals surface area contributed by atoms with Crippen molar-refractivity contribution in [2.24, 2.45) is 0 Å². The number of rotatable bonds is 6. The predicted molar refractivity (Wildman–Crippen MR) is 124 cm³/mol. The molecule has 0 radical (unpaired) electrons. The number of ether oxygens (including phenoxy) is 1. The van der Waals surface area contributed by atoms with Crippen molar-refractivity contribution in [1.29, 1.82) is 0 Å². The molecule has 4 aromatic rings. The summed E-state index contributed by atoms with van der Waals surface area (Å²) in [5.41, 5.74) is 6.09. The van der Waals surface area contributed by atoms with E-state index in [0.717, 1.165) is 5.56 Å². The maximum Gasteiger partial charge on any atom is 0.269 e. The average Bonchev–Trinajstić information content (AvgIpc) is 2.84. The van der Waals surface area contributed by atoms with Gasteiger partial charge in [-0.2, -0.15) is 0 Å². The molecule has 0 unspecified atom stereocenters. The van der Waals surface area contributed by atoms with Crippen LogP contribution in [-0.2, 0) is 17.9 Å². The summed E-state index contributed by atoms with van der Waals surface area (Å²) in [7, 11) is 0. The number of aromatic nitrogens is 2. The molecule has 0 fully saturated rings. The highest BCUT2D eigenvalue weighted by atomic mass is 35.5. The van der Waals surface area contributed by atoms with E-state index in [0.29, 0.717) is 33.8 Å². The van der Waals surface area contributed by atoms with Gasteiger partial charge in [0.1, 0.15) is 18.9 Å². The number of nitrogens with one attached hydrogen (secondary N) is 2. The molecule has 1 aromatic heterocycles. The number of benzene rings is 3. The molecule has 0 bridgehead atoms. The van der Waals surface area contributed by atoms with Crippen LogP contribution in [0.5, 0.6) is 5.75 Å². The molecule has 0 aliphatic carbocycles. The van der Waals surface area contributed by atoms with Gasteiger partial charge in [-0.25, -0.2) is 4.98 Å². The molecular formula is C24H19ClN4O4. The van der Waals surface area contributed by atoms with Crippen LogP contribution < -0.4 is 21.1 Å². The monoisotopic (exact) mass is 462 g/mol. The van der Waals surface area contributed by atoms with Crippen molar-refractivity contribution in [1.82, 2.24) is 20.4 Å². The third-order valence-electron chi connectivity index (χ3n) is 4.80. The zero-order valence-corrected chi connectivity index (χ0v) is 18.1. The molecule has 2 amide bonds.